The average Bonchev–Trinajstić information content (AvgIpc) is 3.04. The van der Waals surface area contributed by atoms with E-state index in [0.717, 1.165) is 7.11 Å². The molecule has 2 unspecified atom stereocenters. The minimum absolute atomic E-state index is 0.0836. The molecule has 0 saturated heterocycles. The van der Waals surface area contributed by atoms with Gasteiger partial charge in [-0.15, -0.1) is 0 Å². The summed E-state index contributed by atoms with van der Waals surface area (Å²) in [5.41, 5.74) is -4.65. The molecule has 0 aromatic heterocycles. The number of carbonyl (C=O) groups excluding carboxylic acids is 1. The standard InChI is InChI=1S/C15H21F6IO4/c1-3-10(22)12(23)26-11(9-6-4-5-7-9)13(14(16,17)18,15(19,20)21)25-8-24-2/h9-11H,3-8H2,1-2H3. The van der Waals surface area contributed by atoms with E-state index in [4.69, 9.17) is 4.74 Å². The first-order chi connectivity index (χ1) is 11.9. The summed E-state index contributed by atoms with van der Waals surface area (Å²) in [7, 11) is 0.909. The van der Waals surface area contributed by atoms with E-state index in [1.807, 2.05) is 0 Å². The summed E-state index contributed by atoms with van der Waals surface area (Å²) in [4.78, 5) is 12.1. The Balaban J connectivity index is 3.45. The van der Waals surface area contributed by atoms with Crippen LogP contribution in [0.3, 0.4) is 0 Å². The van der Waals surface area contributed by atoms with Crippen molar-refractivity contribution in [1.29, 1.82) is 0 Å². The minimum Gasteiger partial charge on any atom is -0.457 e. The van der Waals surface area contributed by atoms with Crippen molar-refractivity contribution in [3.05, 3.63) is 0 Å². The van der Waals surface area contributed by atoms with Gasteiger partial charge in [0.1, 0.15) is 10.7 Å². The third kappa shape index (κ3) is 4.94. The first kappa shape index (κ1) is 23.7. The number of rotatable bonds is 8. The maximum absolute atomic E-state index is 13.7. The van der Waals surface area contributed by atoms with Gasteiger partial charge < -0.3 is 14.2 Å². The highest BCUT2D eigenvalue weighted by atomic mass is 127. The lowest BCUT2D eigenvalue weighted by atomic mass is 9.84. The van der Waals surface area contributed by atoms with Crippen molar-refractivity contribution < 1.29 is 45.3 Å². The van der Waals surface area contributed by atoms with E-state index in [9.17, 15) is 31.1 Å². The van der Waals surface area contributed by atoms with Crippen molar-refractivity contribution >= 4 is 28.6 Å². The van der Waals surface area contributed by atoms with Crippen LogP contribution in [0.1, 0.15) is 39.0 Å². The number of esters is 1. The first-order valence-corrected chi connectivity index (χ1v) is 9.27. The predicted octanol–water partition coefficient (Wildman–Crippen LogP) is 4.79. The zero-order valence-corrected chi connectivity index (χ0v) is 16.4. The fraction of sp³-hybridized carbons (Fsp3) is 0.933. The van der Waals surface area contributed by atoms with Crippen molar-refractivity contribution in [3.63, 3.8) is 0 Å². The van der Waals surface area contributed by atoms with Gasteiger partial charge in [-0.2, -0.15) is 26.3 Å². The summed E-state index contributed by atoms with van der Waals surface area (Å²) in [6.45, 7) is 0.326. The second-order valence-electron chi connectivity index (χ2n) is 6.06. The molecule has 0 radical (unpaired) electrons. The van der Waals surface area contributed by atoms with Crippen LogP contribution in [0.25, 0.3) is 0 Å². The molecule has 0 aromatic rings. The minimum atomic E-state index is -5.86. The lowest BCUT2D eigenvalue weighted by Crippen LogP contribution is -2.68. The van der Waals surface area contributed by atoms with Crippen molar-refractivity contribution in [2.45, 2.75) is 67.0 Å². The summed E-state index contributed by atoms with van der Waals surface area (Å²) in [5.74, 6) is -2.23. The van der Waals surface area contributed by atoms with Gasteiger partial charge in [-0.05, 0) is 25.2 Å². The first-order valence-electron chi connectivity index (χ1n) is 8.03. The molecule has 1 saturated carbocycles. The topological polar surface area (TPSA) is 44.8 Å². The van der Waals surface area contributed by atoms with E-state index in [1.165, 1.54) is 0 Å². The van der Waals surface area contributed by atoms with Crippen molar-refractivity contribution in [2.75, 3.05) is 13.9 Å². The number of methoxy groups -OCH3 is 1. The molecular formula is C15H21F6IO4. The second kappa shape index (κ2) is 9.26. The molecule has 0 N–H and O–H groups in total. The molecule has 1 aliphatic carbocycles. The van der Waals surface area contributed by atoms with Gasteiger partial charge in [0, 0.05) is 7.11 Å². The highest BCUT2D eigenvalue weighted by molar-refractivity contribution is 14.1. The van der Waals surface area contributed by atoms with E-state index in [2.05, 4.69) is 9.47 Å². The molecule has 0 amide bonds. The summed E-state index contributed by atoms with van der Waals surface area (Å²) in [5, 5.41) is 0. The van der Waals surface area contributed by atoms with Crippen LogP contribution in [0.15, 0.2) is 0 Å². The molecule has 0 bridgehead atoms. The van der Waals surface area contributed by atoms with E-state index >= 15 is 0 Å². The van der Waals surface area contributed by atoms with Crippen molar-refractivity contribution in [3.8, 4) is 0 Å². The van der Waals surface area contributed by atoms with Crippen LogP contribution < -0.4 is 0 Å². The Bertz CT molecular complexity index is 448. The number of carbonyl (C=O) groups is 1. The molecule has 0 aromatic carbocycles. The van der Waals surface area contributed by atoms with Crippen LogP contribution >= 0.6 is 22.6 Å². The zero-order valence-electron chi connectivity index (χ0n) is 14.3. The number of alkyl halides is 7. The van der Waals surface area contributed by atoms with Crippen LogP contribution in [0.4, 0.5) is 26.3 Å². The Morgan fingerprint density at radius 3 is 2.00 bits per heavy atom. The smallest absolute Gasteiger partial charge is 0.430 e. The maximum Gasteiger partial charge on any atom is 0.430 e. The van der Waals surface area contributed by atoms with Crippen LogP contribution in [0.5, 0.6) is 0 Å². The quantitative estimate of drug-likeness (QED) is 0.156. The SMILES string of the molecule is CCC(I)C(=O)OC(C1CCCC1)C(OCOC)(C(F)(F)F)C(F)(F)F. The summed E-state index contributed by atoms with van der Waals surface area (Å²) >= 11 is 1.62. The van der Waals surface area contributed by atoms with Gasteiger partial charge in [0.15, 0.2) is 6.10 Å². The molecule has 1 aliphatic rings. The van der Waals surface area contributed by atoms with Gasteiger partial charge in [0.25, 0.3) is 5.60 Å². The molecule has 0 spiro atoms. The lowest BCUT2D eigenvalue weighted by Gasteiger charge is -2.43. The van der Waals surface area contributed by atoms with E-state index < -0.39 is 46.7 Å². The predicted molar refractivity (Wildman–Crippen MR) is 87.7 cm³/mol. The molecule has 26 heavy (non-hydrogen) atoms. The number of halogens is 7. The number of hydrogen-bond donors (Lipinski definition) is 0. The molecule has 1 fully saturated rings. The van der Waals surface area contributed by atoms with Gasteiger partial charge in [0.05, 0.1) is 0 Å². The molecule has 1 rings (SSSR count). The summed E-state index contributed by atoms with van der Waals surface area (Å²) in [6.07, 6.45) is -13.0. The third-order valence-corrected chi connectivity index (χ3v) is 5.72. The van der Waals surface area contributed by atoms with Gasteiger partial charge in [-0.3, -0.25) is 4.79 Å². The van der Waals surface area contributed by atoms with Crippen LogP contribution in [-0.4, -0.2) is 47.9 Å². The normalized spacial score (nSPS) is 19.4. The Hall–Kier alpha value is -0.300. The fourth-order valence-electron chi connectivity index (χ4n) is 3.02. The van der Waals surface area contributed by atoms with E-state index in [1.54, 1.807) is 29.5 Å². The summed E-state index contributed by atoms with van der Waals surface area (Å²) < 4.78 is 95.0. The summed E-state index contributed by atoms with van der Waals surface area (Å²) in [6, 6.07) is 0. The molecular weight excluding hydrogens is 485 g/mol. The Morgan fingerprint density at radius 1 is 1.12 bits per heavy atom. The van der Waals surface area contributed by atoms with Gasteiger partial charge in [-0.25, -0.2) is 0 Å². The average molecular weight is 506 g/mol. The highest BCUT2D eigenvalue weighted by Gasteiger charge is 2.78. The molecule has 2 atom stereocenters. The van der Waals surface area contributed by atoms with E-state index in [0.29, 0.717) is 12.8 Å². The second-order valence-corrected chi connectivity index (χ2v) is 7.56. The van der Waals surface area contributed by atoms with Crippen LogP contribution in [-0.2, 0) is 19.0 Å². The molecule has 154 valence electrons. The lowest BCUT2D eigenvalue weighted by molar-refractivity contribution is -0.417. The van der Waals surface area contributed by atoms with Gasteiger partial charge >= 0.3 is 18.3 Å². The maximum atomic E-state index is 13.7. The zero-order chi connectivity index (χ0) is 20.2. The third-order valence-electron chi connectivity index (χ3n) is 4.33. The fourth-order valence-corrected chi connectivity index (χ4v) is 3.16. The Labute approximate surface area is 161 Å². The molecule has 0 aliphatic heterocycles. The van der Waals surface area contributed by atoms with E-state index in [-0.39, 0.29) is 19.3 Å². The van der Waals surface area contributed by atoms with Crippen LogP contribution in [0, 0.1) is 5.92 Å². The van der Waals surface area contributed by atoms with Crippen molar-refractivity contribution in [2.24, 2.45) is 5.92 Å². The molecule has 0 heterocycles. The van der Waals surface area contributed by atoms with Crippen LogP contribution in [0.2, 0.25) is 0 Å². The Morgan fingerprint density at radius 2 is 1.62 bits per heavy atom. The largest absolute Gasteiger partial charge is 0.457 e. The monoisotopic (exact) mass is 506 g/mol. The number of ether oxygens (including phenoxy) is 3. The van der Waals surface area contributed by atoms with Gasteiger partial charge in [0.2, 0.25) is 0 Å². The number of hydrogen-bond acceptors (Lipinski definition) is 4. The molecule has 4 nitrogen and oxygen atoms in total. The molecule has 11 heteroatoms. The highest BCUT2D eigenvalue weighted by Crippen LogP contribution is 2.52. The Kier molecular flexibility index (Phi) is 8.46. The van der Waals surface area contributed by atoms with Gasteiger partial charge in [-0.1, -0.05) is 42.4 Å². The van der Waals surface area contributed by atoms with Crippen molar-refractivity contribution in [1.82, 2.24) is 0 Å².